The molecule has 0 spiro atoms. The molecule has 2 aromatic heterocycles. The van der Waals surface area contributed by atoms with Crippen molar-refractivity contribution >= 4 is 22.8 Å². The number of hydrogen-bond donors (Lipinski definition) is 0. The van der Waals surface area contributed by atoms with Crippen molar-refractivity contribution in [1.29, 1.82) is 0 Å². The summed E-state index contributed by atoms with van der Waals surface area (Å²) < 4.78 is 4.64. The predicted octanol–water partition coefficient (Wildman–Crippen LogP) is 1.08. The number of imidazole rings is 1. The van der Waals surface area contributed by atoms with Crippen molar-refractivity contribution in [3.05, 3.63) is 20.8 Å². The van der Waals surface area contributed by atoms with Crippen molar-refractivity contribution in [2.75, 3.05) is 11.6 Å². The second kappa shape index (κ2) is 5.36. The summed E-state index contributed by atoms with van der Waals surface area (Å²) in [5.74, 6) is 0.613. The van der Waals surface area contributed by atoms with E-state index in [-0.39, 0.29) is 17.3 Å². The maximum absolute atomic E-state index is 12.9. The van der Waals surface area contributed by atoms with Crippen LogP contribution in [0.1, 0.15) is 40.2 Å². The van der Waals surface area contributed by atoms with Gasteiger partial charge in [-0.3, -0.25) is 18.5 Å². The molecule has 8 heteroatoms. The van der Waals surface area contributed by atoms with Crippen molar-refractivity contribution in [2.24, 2.45) is 12.1 Å². The predicted molar refractivity (Wildman–Crippen MR) is 90.4 cm³/mol. The number of fused-ring (bicyclic) bond motifs is 3. The topological polar surface area (TPSA) is 77.4 Å². The molecule has 1 unspecified atom stereocenters. The van der Waals surface area contributed by atoms with Gasteiger partial charge in [0.15, 0.2) is 11.2 Å². The quantitative estimate of drug-likeness (QED) is 0.848. The molecule has 0 bridgehead atoms. The largest absolute Gasteiger partial charge is 0.332 e. The molecule has 0 aliphatic carbocycles. The molecule has 23 heavy (non-hydrogen) atoms. The Labute approximate surface area is 133 Å². The van der Waals surface area contributed by atoms with Crippen molar-refractivity contribution in [2.45, 2.75) is 46.7 Å². The fourth-order valence-corrected chi connectivity index (χ4v) is 3.02. The summed E-state index contributed by atoms with van der Waals surface area (Å²) in [4.78, 5) is 29.9. The number of nitrogens with zero attached hydrogens (tertiary/aromatic N) is 6. The maximum atomic E-state index is 12.9. The van der Waals surface area contributed by atoms with E-state index in [1.807, 2.05) is 32.3 Å². The van der Waals surface area contributed by atoms with Gasteiger partial charge in [-0.2, -0.15) is 10.1 Å². The SMILES string of the molecule is CCCn1c(=O)c2c(nc3n2C(C)C(C)=NN3CC)n(C)c1=O. The molecule has 1 atom stereocenters. The molecule has 3 rings (SSSR count). The van der Waals surface area contributed by atoms with E-state index in [0.717, 1.165) is 12.1 Å². The standard InChI is InChI=1S/C15H22N6O2/c1-6-8-19-13(22)11-12(18(5)15(19)23)16-14-20(7-2)17-9(3)10(4)21(11)14/h10H,6-8H2,1-5H3. The molecule has 0 N–H and O–H groups in total. The van der Waals surface area contributed by atoms with Gasteiger partial charge in [-0.05, 0) is 27.2 Å². The van der Waals surface area contributed by atoms with Gasteiger partial charge in [0.2, 0.25) is 5.95 Å². The molecule has 124 valence electrons. The second-order valence-corrected chi connectivity index (χ2v) is 5.89. The fourth-order valence-electron chi connectivity index (χ4n) is 3.02. The maximum Gasteiger partial charge on any atom is 0.332 e. The third-order valence-electron chi connectivity index (χ3n) is 4.41. The van der Waals surface area contributed by atoms with Gasteiger partial charge < -0.3 is 0 Å². The number of hydrazone groups is 1. The Morgan fingerprint density at radius 3 is 2.52 bits per heavy atom. The lowest BCUT2D eigenvalue weighted by Gasteiger charge is -2.28. The molecular weight excluding hydrogens is 296 g/mol. The van der Waals surface area contributed by atoms with Gasteiger partial charge in [0.25, 0.3) is 5.56 Å². The van der Waals surface area contributed by atoms with Crippen LogP contribution < -0.4 is 16.3 Å². The van der Waals surface area contributed by atoms with Crippen LogP contribution in [-0.4, -0.2) is 30.9 Å². The number of rotatable bonds is 3. The minimum absolute atomic E-state index is 0.0712. The molecule has 0 fully saturated rings. The summed E-state index contributed by atoms with van der Waals surface area (Å²) in [6.45, 7) is 8.90. The van der Waals surface area contributed by atoms with Crippen LogP contribution in [0.25, 0.3) is 11.2 Å². The van der Waals surface area contributed by atoms with Gasteiger partial charge in [0.05, 0.1) is 11.8 Å². The zero-order valence-electron chi connectivity index (χ0n) is 14.2. The smallest absolute Gasteiger partial charge is 0.294 e. The van der Waals surface area contributed by atoms with Crippen LogP contribution in [0.2, 0.25) is 0 Å². The first-order valence-corrected chi connectivity index (χ1v) is 7.96. The van der Waals surface area contributed by atoms with Crippen LogP contribution in [-0.2, 0) is 13.6 Å². The van der Waals surface area contributed by atoms with Gasteiger partial charge in [0.1, 0.15) is 0 Å². The van der Waals surface area contributed by atoms with Crippen LogP contribution in [0.5, 0.6) is 0 Å². The lowest BCUT2D eigenvalue weighted by molar-refractivity contribution is 0.586. The Bertz CT molecular complexity index is 917. The van der Waals surface area contributed by atoms with Crippen molar-refractivity contribution < 1.29 is 0 Å². The summed E-state index contributed by atoms with van der Waals surface area (Å²) in [6, 6.07) is -0.0712. The van der Waals surface area contributed by atoms with Crippen molar-refractivity contribution in [3.8, 4) is 0 Å². The van der Waals surface area contributed by atoms with E-state index in [1.165, 1.54) is 9.13 Å². The Balaban J connectivity index is 2.45. The first kappa shape index (κ1) is 15.5. The molecule has 2 aromatic rings. The van der Waals surface area contributed by atoms with E-state index in [1.54, 1.807) is 12.1 Å². The van der Waals surface area contributed by atoms with Crippen LogP contribution in [0.3, 0.4) is 0 Å². The minimum Gasteiger partial charge on any atom is -0.294 e. The Morgan fingerprint density at radius 1 is 1.22 bits per heavy atom. The monoisotopic (exact) mass is 318 g/mol. The van der Waals surface area contributed by atoms with Gasteiger partial charge in [-0.15, -0.1) is 0 Å². The van der Waals surface area contributed by atoms with Gasteiger partial charge in [-0.25, -0.2) is 9.80 Å². The molecule has 0 aromatic carbocycles. The molecule has 0 amide bonds. The van der Waals surface area contributed by atoms with Crippen molar-refractivity contribution in [3.63, 3.8) is 0 Å². The zero-order valence-corrected chi connectivity index (χ0v) is 14.2. The van der Waals surface area contributed by atoms with Crippen LogP contribution in [0.15, 0.2) is 14.7 Å². The highest BCUT2D eigenvalue weighted by molar-refractivity contribution is 5.90. The van der Waals surface area contributed by atoms with Crippen LogP contribution in [0, 0.1) is 0 Å². The highest BCUT2D eigenvalue weighted by Gasteiger charge is 2.29. The lowest BCUT2D eigenvalue weighted by Crippen LogP contribution is -2.40. The Morgan fingerprint density at radius 2 is 1.91 bits per heavy atom. The van der Waals surface area contributed by atoms with E-state index in [2.05, 4.69) is 10.1 Å². The number of aryl methyl sites for hydroxylation is 1. The number of aromatic nitrogens is 4. The molecule has 3 heterocycles. The summed E-state index contributed by atoms with van der Waals surface area (Å²) in [5.41, 5.74) is 1.19. The summed E-state index contributed by atoms with van der Waals surface area (Å²) in [6.07, 6.45) is 0.721. The summed E-state index contributed by atoms with van der Waals surface area (Å²) in [7, 11) is 1.66. The summed E-state index contributed by atoms with van der Waals surface area (Å²) in [5, 5.41) is 6.30. The Kier molecular flexibility index (Phi) is 3.62. The number of hydrogen-bond acceptors (Lipinski definition) is 5. The highest BCUT2D eigenvalue weighted by Crippen LogP contribution is 2.29. The number of anilines is 1. The van der Waals surface area contributed by atoms with Crippen LogP contribution >= 0.6 is 0 Å². The van der Waals surface area contributed by atoms with E-state index in [9.17, 15) is 9.59 Å². The molecule has 0 saturated carbocycles. The molecular formula is C15H22N6O2. The highest BCUT2D eigenvalue weighted by atomic mass is 16.2. The molecule has 0 radical (unpaired) electrons. The van der Waals surface area contributed by atoms with Crippen molar-refractivity contribution in [1.82, 2.24) is 18.7 Å². The van der Waals surface area contributed by atoms with Crippen LogP contribution in [0.4, 0.5) is 5.95 Å². The normalized spacial score (nSPS) is 17.5. The first-order chi connectivity index (χ1) is 10.9. The lowest BCUT2D eigenvalue weighted by atomic mass is 10.2. The average Bonchev–Trinajstić information content (AvgIpc) is 2.94. The fraction of sp³-hybridized carbons (Fsp3) is 0.600. The molecule has 8 nitrogen and oxygen atoms in total. The van der Waals surface area contributed by atoms with E-state index >= 15 is 0 Å². The van der Waals surface area contributed by atoms with E-state index < -0.39 is 0 Å². The third-order valence-corrected chi connectivity index (χ3v) is 4.41. The van der Waals surface area contributed by atoms with Gasteiger partial charge >= 0.3 is 5.69 Å². The molecule has 1 aliphatic heterocycles. The van der Waals surface area contributed by atoms with E-state index in [4.69, 9.17) is 0 Å². The van der Waals surface area contributed by atoms with E-state index in [0.29, 0.717) is 30.2 Å². The minimum atomic E-state index is -0.326. The average molecular weight is 318 g/mol. The van der Waals surface area contributed by atoms with Gasteiger partial charge in [0, 0.05) is 20.1 Å². The zero-order chi connectivity index (χ0) is 16.9. The summed E-state index contributed by atoms with van der Waals surface area (Å²) >= 11 is 0. The first-order valence-electron chi connectivity index (χ1n) is 7.96. The Hall–Kier alpha value is -2.38. The second-order valence-electron chi connectivity index (χ2n) is 5.89. The third kappa shape index (κ3) is 2.04. The molecule has 1 aliphatic rings. The van der Waals surface area contributed by atoms with Gasteiger partial charge in [-0.1, -0.05) is 6.92 Å². The molecule has 0 saturated heterocycles.